The summed E-state index contributed by atoms with van der Waals surface area (Å²) >= 11 is 2.75. The third-order valence-electron chi connectivity index (χ3n) is 4.31. The molecule has 0 aliphatic rings. The summed E-state index contributed by atoms with van der Waals surface area (Å²) in [6.07, 6.45) is 3.43. The van der Waals surface area contributed by atoms with Crippen LogP contribution in [0.5, 0.6) is 0 Å². The molecule has 1 amide bonds. The number of nitrogens with one attached hydrogen (secondary N) is 1. The highest BCUT2D eigenvalue weighted by molar-refractivity contribution is 7.19. The van der Waals surface area contributed by atoms with Crippen molar-refractivity contribution in [3.63, 3.8) is 0 Å². The fraction of sp³-hybridized carbons (Fsp3) is 0.273. The van der Waals surface area contributed by atoms with Crippen molar-refractivity contribution in [3.05, 3.63) is 51.4 Å². The first kappa shape index (κ1) is 22.6. The monoisotopic (exact) mass is 458 g/mol. The van der Waals surface area contributed by atoms with Gasteiger partial charge in [0.05, 0.1) is 22.4 Å². The average molecular weight is 459 g/mol. The number of fused-ring (bicyclic) bond motifs is 1. The molecule has 2 heterocycles. The number of ether oxygens (including phenoxy) is 2. The van der Waals surface area contributed by atoms with E-state index in [0.29, 0.717) is 22.0 Å². The Morgan fingerprint density at radius 2 is 1.90 bits per heavy atom. The smallest absolute Gasteiger partial charge is 0.341 e. The molecule has 0 radical (unpaired) electrons. The molecular weight excluding hydrogens is 436 g/mol. The number of esters is 2. The zero-order valence-electron chi connectivity index (χ0n) is 17.4. The number of carbonyl (C=O) groups excluding carboxylic acids is 3. The number of thiazole rings is 1. The van der Waals surface area contributed by atoms with Crippen molar-refractivity contribution in [2.75, 3.05) is 18.5 Å². The van der Waals surface area contributed by atoms with Crippen LogP contribution in [0.4, 0.5) is 5.00 Å². The Labute approximate surface area is 187 Å². The van der Waals surface area contributed by atoms with E-state index >= 15 is 0 Å². The third kappa shape index (κ3) is 5.56. The first-order valence-corrected chi connectivity index (χ1v) is 11.4. The van der Waals surface area contributed by atoms with Crippen LogP contribution in [0.25, 0.3) is 16.3 Å². The minimum atomic E-state index is -0.656. The van der Waals surface area contributed by atoms with E-state index in [1.165, 1.54) is 28.7 Å². The maximum absolute atomic E-state index is 12.3. The van der Waals surface area contributed by atoms with Crippen molar-refractivity contribution in [1.29, 1.82) is 0 Å². The van der Waals surface area contributed by atoms with Crippen molar-refractivity contribution in [2.24, 2.45) is 0 Å². The molecule has 1 aromatic carbocycles. The van der Waals surface area contributed by atoms with Gasteiger partial charge in [0.1, 0.15) is 10.0 Å². The Bertz CT molecular complexity index is 1110. The lowest BCUT2D eigenvalue weighted by atomic mass is 10.1. The molecule has 7 nitrogen and oxygen atoms in total. The van der Waals surface area contributed by atoms with Crippen LogP contribution in [0.3, 0.4) is 0 Å². The molecule has 0 bridgehead atoms. The second kappa shape index (κ2) is 10.3. The van der Waals surface area contributed by atoms with Crippen LogP contribution in [-0.2, 0) is 25.5 Å². The second-order valence-corrected chi connectivity index (χ2v) is 8.71. The number of anilines is 1. The Morgan fingerprint density at radius 1 is 1.13 bits per heavy atom. The topological polar surface area (TPSA) is 94.6 Å². The van der Waals surface area contributed by atoms with Gasteiger partial charge in [-0.25, -0.2) is 14.6 Å². The van der Waals surface area contributed by atoms with Gasteiger partial charge in [0.2, 0.25) is 0 Å². The number of thiophene rings is 1. The van der Waals surface area contributed by atoms with Crippen LogP contribution < -0.4 is 5.32 Å². The zero-order valence-corrected chi connectivity index (χ0v) is 19.0. The molecule has 9 heteroatoms. The highest BCUT2D eigenvalue weighted by Crippen LogP contribution is 2.34. The van der Waals surface area contributed by atoms with Crippen LogP contribution in [0.2, 0.25) is 0 Å². The SMILES string of the molecule is CCOC(=O)c1c(NC(=O)COC(=O)/C=C/c2nc3ccccc3s2)sc(C)c1CC. The Kier molecular flexibility index (Phi) is 7.54. The van der Waals surface area contributed by atoms with Crippen molar-refractivity contribution in [3.8, 4) is 0 Å². The zero-order chi connectivity index (χ0) is 22.4. The number of para-hydroxylation sites is 1. The lowest BCUT2D eigenvalue weighted by Crippen LogP contribution is -2.21. The first-order chi connectivity index (χ1) is 14.9. The van der Waals surface area contributed by atoms with Crippen molar-refractivity contribution < 1.29 is 23.9 Å². The lowest BCUT2D eigenvalue weighted by molar-refractivity contribution is -0.142. The normalized spacial score (nSPS) is 11.1. The van der Waals surface area contributed by atoms with Crippen molar-refractivity contribution >= 4 is 61.8 Å². The standard InChI is InChI=1S/C22H22N2O5S2/c1-4-14-13(3)30-21(20(14)22(27)28-5-2)24-17(25)12-29-19(26)11-10-18-23-15-8-6-7-9-16(15)31-18/h6-11H,4-5,12H2,1-3H3,(H,24,25)/b11-10+. The second-order valence-electron chi connectivity index (χ2n) is 6.42. The van der Waals surface area contributed by atoms with Crippen LogP contribution in [0.1, 0.15) is 39.7 Å². The van der Waals surface area contributed by atoms with Gasteiger partial charge in [0.25, 0.3) is 5.91 Å². The van der Waals surface area contributed by atoms with Gasteiger partial charge < -0.3 is 14.8 Å². The quantitative estimate of drug-likeness (QED) is 0.392. The Balaban J connectivity index is 1.59. The first-order valence-electron chi connectivity index (χ1n) is 9.72. The maximum atomic E-state index is 12.3. The molecule has 3 aromatic rings. The van der Waals surface area contributed by atoms with E-state index < -0.39 is 24.5 Å². The maximum Gasteiger partial charge on any atom is 0.341 e. The summed E-state index contributed by atoms with van der Waals surface area (Å²) in [6.45, 7) is 5.31. The van der Waals surface area contributed by atoms with Crippen molar-refractivity contribution in [2.45, 2.75) is 27.2 Å². The lowest BCUT2D eigenvalue weighted by Gasteiger charge is -2.08. The van der Waals surface area contributed by atoms with E-state index in [-0.39, 0.29) is 6.61 Å². The molecule has 0 saturated heterocycles. The molecule has 0 aliphatic carbocycles. The number of rotatable bonds is 8. The number of hydrogen-bond acceptors (Lipinski definition) is 8. The van der Waals surface area contributed by atoms with Crippen LogP contribution >= 0.6 is 22.7 Å². The predicted molar refractivity (Wildman–Crippen MR) is 123 cm³/mol. The van der Waals surface area contributed by atoms with E-state index in [4.69, 9.17) is 9.47 Å². The molecule has 2 aromatic heterocycles. The molecule has 0 saturated carbocycles. The molecule has 3 rings (SSSR count). The van der Waals surface area contributed by atoms with Gasteiger partial charge in [0, 0.05) is 11.0 Å². The highest BCUT2D eigenvalue weighted by atomic mass is 32.1. The number of nitrogens with zero attached hydrogens (tertiary/aromatic N) is 1. The van der Waals surface area contributed by atoms with Gasteiger partial charge in [-0.05, 0) is 44.0 Å². The molecule has 0 unspecified atom stereocenters. The van der Waals surface area contributed by atoms with Gasteiger partial charge in [-0.1, -0.05) is 19.1 Å². The summed E-state index contributed by atoms with van der Waals surface area (Å²) in [5, 5.41) is 3.73. The van der Waals surface area contributed by atoms with Gasteiger partial charge in [-0.15, -0.1) is 22.7 Å². The molecular formula is C22H22N2O5S2. The molecule has 162 valence electrons. The van der Waals surface area contributed by atoms with Gasteiger partial charge >= 0.3 is 11.9 Å². The predicted octanol–water partition coefficient (Wildman–Crippen LogP) is 4.60. The summed E-state index contributed by atoms with van der Waals surface area (Å²) in [5.41, 5.74) is 2.06. The number of aryl methyl sites for hydroxylation is 1. The molecule has 1 N–H and O–H groups in total. The molecule has 0 fully saturated rings. The summed E-state index contributed by atoms with van der Waals surface area (Å²) in [4.78, 5) is 41.9. The molecule has 31 heavy (non-hydrogen) atoms. The number of aromatic nitrogens is 1. The average Bonchev–Trinajstić information content (AvgIpc) is 3.30. The van der Waals surface area contributed by atoms with Crippen LogP contribution in [0.15, 0.2) is 30.3 Å². The van der Waals surface area contributed by atoms with E-state index in [0.717, 1.165) is 20.7 Å². The summed E-state index contributed by atoms with van der Waals surface area (Å²) in [7, 11) is 0. The van der Waals surface area contributed by atoms with Crippen LogP contribution in [0, 0.1) is 6.92 Å². The van der Waals surface area contributed by atoms with E-state index in [1.807, 2.05) is 38.1 Å². The third-order valence-corrected chi connectivity index (χ3v) is 6.38. The Hall–Kier alpha value is -3.04. The number of carbonyl (C=O) groups is 3. The number of hydrogen-bond donors (Lipinski definition) is 1. The highest BCUT2D eigenvalue weighted by Gasteiger charge is 2.23. The minimum Gasteiger partial charge on any atom is -0.462 e. The van der Waals surface area contributed by atoms with E-state index in [9.17, 15) is 14.4 Å². The number of amides is 1. The minimum absolute atomic E-state index is 0.239. The van der Waals surface area contributed by atoms with E-state index in [2.05, 4.69) is 10.3 Å². The van der Waals surface area contributed by atoms with Crippen LogP contribution in [-0.4, -0.2) is 36.0 Å². The van der Waals surface area contributed by atoms with Gasteiger partial charge in [0.15, 0.2) is 6.61 Å². The largest absolute Gasteiger partial charge is 0.462 e. The Morgan fingerprint density at radius 3 is 2.61 bits per heavy atom. The fourth-order valence-corrected chi connectivity index (χ4v) is 4.98. The summed E-state index contributed by atoms with van der Waals surface area (Å²) in [5.74, 6) is -1.66. The molecule has 0 atom stereocenters. The van der Waals surface area contributed by atoms with Crippen molar-refractivity contribution in [1.82, 2.24) is 4.98 Å². The molecule has 0 aliphatic heterocycles. The summed E-state index contributed by atoms with van der Waals surface area (Å²) in [6, 6.07) is 7.67. The van der Waals surface area contributed by atoms with Gasteiger partial charge in [-0.2, -0.15) is 0 Å². The fourth-order valence-electron chi connectivity index (χ4n) is 2.96. The molecule has 0 spiro atoms. The van der Waals surface area contributed by atoms with Gasteiger partial charge in [-0.3, -0.25) is 4.79 Å². The summed E-state index contributed by atoms with van der Waals surface area (Å²) < 4.78 is 11.1. The van der Waals surface area contributed by atoms with E-state index in [1.54, 1.807) is 13.0 Å². The number of benzene rings is 1.